The van der Waals surface area contributed by atoms with E-state index in [0.29, 0.717) is 19.3 Å². The van der Waals surface area contributed by atoms with Gasteiger partial charge in [0.25, 0.3) is 0 Å². The predicted octanol–water partition coefficient (Wildman–Crippen LogP) is 10.3. The Hall–Kier alpha value is -0.940. The first kappa shape index (κ1) is 61.1. The summed E-state index contributed by atoms with van der Waals surface area (Å²) in [5.41, 5.74) is 0. The molecule has 1 aliphatic heterocycles. The molecular weight excluding hydrogens is 839 g/mol. The van der Waals surface area contributed by atoms with Gasteiger partial charge in [0.1, 0.15) is 30.5 Å². The molecule has 8 atom stereocenters. The number of carbonyl (C=O) groups is 1. The SMILES string of the molecule is CCCCCCCCCCCCCCCCCCCCCCC(O)C(=O)NC(COC1OC(CO)C(O)C(OS(=O)(=O)O)C1O)C(O)CCCCCCCCCCCCCCCCC. The van der Waals surface area contributed by atoms with E-state index in [0.717, 1.165) is 38.5 Å². The van der Waals surface area contributed by atoms with Crippen LogP contribution in [0.4, 0.5) is 0 Å². The summed E-state index contributed by atoms with van der Waals surface area (Å²) in [7, 11) is -5.11. The summed E-state index contributed by atoms with van der Waals surface area (Å²) in [6, 6.07) is -1.03. The number of hydrogen-bond donors (Lipinski definition) is 7. The molecule has 1 saturated heterocycles. The number of aliphatic hydroxyl groups excluding tert-OH is 5. The van der Waals surface area contributed by atoms with Crippen LogP contribution in [0.3, 0.4) is 0 Å². The Morgan fingerprint density at radius 1 is 0.562 bits per heavy atom. The van der Waals surface area contributed by atoms with Gasteiger partial charge in [-0.15, -0.1) is 0 Å². The summed E-state index contributed by atoms with van der Waals surface area (Å²) in [6.45, 7) is 3.31. The monoisotopic (exact) mass is 938 g/mol. The van der Waals surface area contributed by atoms with Crippen LogP contribution < -0.4 is 5.32 Å². The first-order chi connectivity index (χ1) is 30.9. The van der Waals surface area contributed by atoms with E-state index in [9.17, 15) is 43.3 Å². The average molecular weight is 938 g/mol. The third-order valence-corrected chi connectivity index (χ3v) is 13.5. The number of amides is 1. The lowest BCUT2D eigenvalue weighted by molar-refractivity contribution is -0.298. The van der Waals surface area contributed by atoms with E-state index in [4.69, 9.17) is 9.47 Å². The Morgan fingerprint density at radius 3 is 1.25 bits per heavy atom. The normalized spacial score (nSPS) is 20.7. The maximum atomic E-state index is 13.2. The van der Waals surface area contributed by atoms with Crippen LogP contribution in [0.15, 0.2) is 0 Å². The van der Waals surface area contributed by atoms with Crippen LogP contribution in [0.2, 0.25) is 0 Å². The summed E-state index contributed by atoms with van der Waals surface area (Å²) >= 11 is 0. The predicted molar refractivity (Wildman–Crippen MR) is 256 cm³/mol. The van der Waals surface area contributed by atoms with Gasteiger partial charge in [-0.2, -0.15) is 8.42 Å². The van der Waals surface area contributed by atoms with Crippen LogP contribution in [0.25, 0.3) is 0 Å². The van der Waals surface area contributed by atoms with Gasteiger partial charge in [0.15, 0.2) is 6.29 Å². The van der Waals surface area contributed by atoms with Crippen LogP contribution in [-0.4, -0.2) is 107 Å². The fourth-order valence-corrected chi connectivity index (χ4v) is 9.33. The molecule has 382 valence electrons. The lowest BCUT2D eigenvalue weighted by atomic mass is 9.99. The molecule has 0 spiro atoms. The number of unbranched alkanes of at least 4 members (excludes halogenated alkanes) is 33. The zero-order chi connectivity index (χ0) is 47.1. The molecule has 7 N–H and O–H groups in total. The van der Waals surface area contributed by atoms with Crippen LogP contribution in [0.5, 0.6) is 0 Å². The quantitative estimate of drug-likeness (QED) is 0.0224. The van der Waals surface area contributed by atoms with E-state index >= 15 is 0 Å². The highest BCUT2D eigenvalue weighted by Crippen LogP contribution is 2.26. The Morgan fingerprint density at radius 2 is 0.906 bits per heavy atom. The molecule has 0 saturated carbocycles. The maximum Gasteiger partial charge on any atom is 0.397 e. The van der Waals surface area contributed by atoms with Crippen molar-refractivity contribution in [3.05, 3.63) is 0 Å². The molecule has 64 heavy (non-hydrogen) atoms. The zero-order valence-corrected chi connectivity index (χ0v) is 41.6. The first-order valence-corrected chi connectivity index (χ1v) is 27.9. The molecule has 1 aliphatic rings. The molecule has 1 fully saturated rings. The van der Waals surface area contributed by atoms with Crippen LogP contribution >= 0.6 is 0 Å². The molecule has 0 aromatic rings. The molecule has 14 heteroatoms. The molecule has 1 amide bonds. The van der Waals surface area contributed by atoms with Gasteiger partial charge in [-0.05, 0) is 12.8 Å². The molecule has 0 aliphatic carbocycles. The third-order valence-electron chi connectivity index (χ3n) is 13.0. The standard InChI is InChI=1S/C50H99NO12S/c1-3-5-7-9-11-13-15-17-19-20-21-22-23-25-27-29-31-33-35-37-39-44(54)49(57)51-42(41-61-50-47(56)48(63-64(58,59)60)46(55)45(40-52)62-50)43(53)38-36-34-32-30-28-26-24-18-16-14-12-10-8-6-4-2/h42-48,50,52-56H,3-41H2,1-2H3,(H,51,57)(H,58,59,60). The zero-order valence-electron chi connectivity index (χ0n) is 40.7. The third kappa shape index (κ3) is 32.7. The maximum absolute atomic E-state index is 13.2. The van der Waals surface area contributed by atoms with Crippen LogP contribution in [0, 0.1) is 0 Å². The van der Waals surface area contributed by atoms with Crippen molar-refractivity contribution >= 4 is 16.3 Å². The van der Waals surface area contributed by atoms with Crippen molar-refractivity contribution < 1.29 is 57.0 Å². The number of ether oxygens (including phenoxy) is 2. The topological polar surface area (TPSA) is 212 Å². The summed E-state index contributed by atoms with van der Waals surface area (Å²) in [5, 5.41) is 55.6. The van der Waals surface area contributed by atoms with Crippen molar-refractivity contribution in [1.29, 1.82) is 0 Å². The second-order valence-corrected chi connectivity index (χ2v) is 20.0. The fourth-order valence-electron chi connectivity index (χ4n) is 8.82. The molecule has 8 unspecified atom stereocenters. The van der Waals surface area contributed by atoms with Crippen molar-refractivity contribution in [3.63, 3.8) is 0 Å². The molecule has 0 radical (unpaired) electrons. The smallest absolute Gasteiger partial charge is 0.394 e. The van der Waals surface area contributed by atoms with E-state index < -0.39 is 78.5 Å². The van der Waals surface area contributed by atoms with E-state index in [1.807, 2.05) is 0 Å². The molecule has 0 aromatic heterocycles. The molecule has 13 nitrogen and oxygen atoms in total. The van der Waals surface area contributed by atoms with Gasteiger partial charge >= 0.3 is 10.4 Å². The van der Waals surface area contributed by atoms with E-state index in [1.165, 1.54) is 173 Å². The Labute approximate surface area is 390 Å². The summed E-state index contributed by atoms with van der Waals surface area (Å²) < 4.78 is 47.7. The van der Waals surface area contributed by atoms with Crippen molar-refractivity contribution in [3.8, 4) is 0 Å². The Kier molecular flexibility index (Phi) is 39.2. The fraction of sp³-hybridized carbons (Fsp3) is 0.980. The summed E-state index contributed by atoms with van der Waals surface area (Å²) in [5.74, 6) is -0.664. The van der Waals surface area contributed by atoms with Gasteiger partial charge in [0, 0.05) is 0 Å². The van der Waals surface area contributed by atoms with Gasteiger partial charge in [-0.25, -0.2) is 4.18 Å². The van der Waals surface area contributed by atoms with Gasteiger partial charge < -0.3 is 40.3 Å². The van der Waals surface area contributed by atoms with Crippen LogP contribution in [0.1, 0.15) is 251 Å². The molecule has 0 bridgehead atoms. The van der Waals surface area contributed by atoms with Crippen molar-refractivity contribution in [2.24, 2.45) is 0 Å². The minimum Gasteiger partial charge on any atom is -0.394 e. The molecule has 1 heterocycles. The largest absolute Gasteiger partial charge is 0.397 e. The van der Waals surface area contributed by atoms with E-state index in [2.05, 4.69) is 23.3 Å². The number of nitrogens with one attached hydrogen (secondary N) is 1. The van der Waals surface area contributed by atoms with Crippen molar-refractivity contribution in [1.82, 2.24) is 5.32 Å². The highest BCUT2D eigenvalue weighted by atomic mass is 32.3. The van der Waals surface area contributed by atoms with Gasteiger partial charge in [0.05, 0.1) is 25.4 Å². The van der Waals surface area contributed by atoms with Gasteiger partial charge in [-0.1, -0.05) is 239 Å². The second kappa shape index (κ2) is 41.1. The van der Waals surface area contributed by atoms with E-state index in [-0.39, 0.29) is 6.42 Å². The summed E-state index contributed by atoms with van der Waals surface area (Å²) in [6.07, 6.45) is 32.8. The molecule has 0 aromatic carbocycles. The highest BCUT2D eigenvalue weighted by Gasteiger charge is 2.48. The lowest BCUT2D eigenvalue weighted by Crippen LogP contribution is -2.61. The number of rotatable bonds is 46. The minimum atomic E-state index is -5.11. The van der Waals surface area contributed by atoms with E-state index in [1.54, 1.807) is 0 Å². The van der Waals surface area contributed by atoms with Crippen molar-refractivity contribution in [2.75, 3.05) is 13.2 Å². The Balaban J connectivity index is 2.44. The number of hydrogen-bond acceptors (Lipinski definition) is 11. The van der Waals surface area contributed by atoms with Gasteiger partial charge in [0.2, 0.25) is 5.91 Å². The second-order valence-electron chi connectivity index (χ2n) is 19.0. The number of aliphatic hydroxyl groups is 5. The average Bonchev–Trinajstić information content (AvgIpc) is 3.27. The highest BCUT2D eigenvalue weighted by molar-refractivity contribution is 7.80. The minimum absolute atomic E-state index is 0.267. The first-order valence-electron chi connectivity index (χ1n) is 26.5. The van der Waals surface area contributed by atoms with Crippen LogP contribution in [-0.2, 0) is 28.9 Å². The Bertz CT molecular complexity index is 1170. The molecular formula is C50H99NO12S. The molecule has 1 rings (SSSR count). The number of carbonyl (C=O) groups excluding carboxylic acids is 1. The summed E-state index contributed by atoms with van der Waals surface area (Å²) in [4.78, 5) is 13.2. The lowest BCUT2D eigenvalue weighted by Gasteiger charge is -2.41. The van der Waals surface area contributed by atoms with Gasteiger partial charge in [-0.3, -0.25) is 9.35 Å². The van der Waals surface area contributed by atoms with Crippen molar-refractivity contribution in [2.45, 2.75) is 300 Å².